The summed E-state index contributed by atoms with van der Waals surface area (Å²) in [6.07, 6.45) is 4.31. The zero-order chi connectivity index (χ0) is 20.4. The summed E-state index contributed by atoms with van der Waals surface area (Å²) in [6, 6.07) is 15.5. The Morgan fingerprint density at radius 1 is 1.17 bits per heavy atom. The standard InChI is InChI=1S/C24H27ClO4/c1-15(24(26)27)23(17-9-10-17)18-5-4-6-19(13-18)28-14-16-11-20(12-16)29-22-8-3-2-7-21(22)25/h2-8,13,15-17,20,23H,9-12,14H2,1H3,(H,26,27)/t15-,16?,20?,23-/m0/s1. The van der Waals surface area contributed by atoms with Gasteiger partial charge in [-0.05, 0) is 73.3 Å². The molecule has 0 unspecified atom stereocenters. The summed E-state index contributed by atoms with van der Waals surface area (Å²) in [5.41, 5.74) is 1.08. The zero-order valence-corrected chi connectivity index (χ0v) is 17.3. The highest BCUT2D eigenvalue weighted by molar-refractivity contribution is 6.32. The highest BCUT2D eigenvalue weighted by Gasteiger charge is 2.38. The molecule has 2 fully saturated rings. The first kappa shape index (κ1) is 20.1. The van der Waals surface area contributed by atoms with Crippen molar-refractivity contribution >= 4 is 17.6 Å². The van der Waals surface area contributed by atoms with Crippen molar-refractivity contribution in [1.82, 2.24) is 0 Å². The van der Waals surface area contributed by atoms with Gasteiger partial charge in [0.05, 0.1) is 23.7 Å². The number of rotatable bonds is 9. The fourth-order valence-electron chi connectivity index (χ4n) is 4.23. The Bertz CT molecular complexity index is 857. The van der Waals surface area contributed by atoms with Crippen molar-refractivity contribution in [1.29, 1.82) is 0 Å². The Morgan fingerprint density at radius 2 is 1.93 bits per heavy atom. The Labute approximate surface area is 176 Å². The number of aliphatic carboxylic acids is 1. The number of ether oxygens (including phenoxy) is 2. The Morgan fingerprint density at radius 3 is 2.62 bits per heavy atom. The smallest absolute Gasteiger partial charge is 0.306 e. The largest absolute Gasteiger partial charge is 0.493 e. The van der Waals surface area contributed by atoms with Crippen LogP contribution in [0.1, 0.15) is 44.1 Å². The van der Waals surface area contributed by atoms with E-state index >= 15 is 0 Å². The molecule has 0 bridgehead atoms. The van der Waals surface area contributed by atoms with Gasteiger partial charge in [-0.1, -0.05) is 42.8 Å². The number of halogens is 1. The molecule has 29 heavy (non-hydrogen) atoms. The Hall–Kier alpha value is -2.20. The van der Waals surface area contributed by atoms with Crippen LogP contribution < -0.4 is 9.47 Å². The lowest BCUT2D eigenvalue weighted by Crippen LogP contribution is -2.37. The molecule has 5 heteroatoms. The third-order valence-electron chi connectivity index (χ3n) is 6.11. The third-order valence-corrected chi connectivity index (χ3v) is 6.42. The number of carboxylic acids is 1. The molecule has 2 aliphatic carbocycles. The van der Waals surface area contributed by atoms with E-state index in [0.717, 1.165) is 42.7 Å². The molecule has 4 rings (SSSR count). The highest BCUT2D eigenvalue weighted by Crippen LogP contribution is 2.47. The van der Waals surface area contributed by atoms with E-state index in [9.17, 15) is 9.90 Å². The van der Waals surface area contributed by atoms with E-state index < -0.39 is 5.97 Å². The number of benzene rings is 2. The van der Waals surface area contributed by atoms with Crippen molar-refractivity contribution in [3.8, 4) is 11.5 Å². The molecule has 0 heterocycles. The maximum atomic E-state index is 11.5. The van der Waals surface area contributed by atoms with Crippen molar-refractivity contribution in [3.63, 3.8) is 0 Å². The molecule has 0 saturated heterocycles. The number of para-hydroxylation sites is 1. The summed E-state index contributed by atoms with van der Waals surface area (Å²) in [7, 11) is 0. The van der Waals surface area contributed by atoms with E-state index in [1.165, 1.54) is 0 Å². The first-order chi connectivity index (χ1) is 14.0. The predicted octanol–water partition coefficient (Wildman–Crippen LogP) is 5.79. The first-order valence-electron chi connectivity index (χ1n) is 10.4. The van der Waals surface area contributed by atoms with E-state index in [4.69, 9.17) is 21.1 Å². The van der Waals surface area contributed by atoms with Gasteiger partial charge in [-0.3, -0.25) is 4.79 Å². The van der Waals surface area contributed by atoms with Gasteiger partial charge >= 0.3 is 5.97 Å². The lowest BCUT2D eigenvalue weighted by Gasteiger charge is -2.35. The van der Waals surface area contributed by atoms with Gasteiger partial charge in [-0.15, -0.1) is 0 Å². The van der Waals surface area contributed by atoms with Crippen LogP contribution >= 0.6 is 11.6 Å². The monoisotopic (exact) mass is 414 g/mol. The molecule has 2 saturated carbocycles. The van der Waals surface area contributed by atoms with Gasteiger partial charge in [-0.25, -0.2) is 0 Å². The Kier molecular flexibility index (Phi) is 6.00. The van der Waals surface area contributed by atoms with Gasteiger partial charge in [0.1, 0.15) is 11.5 Å². The molecule has 0 spiro atoms. The maximum Gasteiger partial charge on any atom is 0.306 e. The number of carboxylic acid groups (broad SMARTS) is 1. The average molecular weight is 415 g/mol. The molecule has 0 radical (unpaired) electrons. The van der Waals surface area contributed by atoms with Crippen LogP contribution in [0.4, 0.5) is 0 Å². The summed E-state index contributed by atoms with van der Waals surface area (Å²) < 4.78 is 12.0. The summed E-state index contributed by atoms with van der Waals surface area (Å²) >= 11 is 6.15. The second-order valence-corrected chi connectivity index (χ2v) is 8.79. The van der Waals surface area contributed by atoms with Crippen molar-refractivity contribution in [3.05, 3.63) is 59.1 Å². The number of hydrogen-bond donors (Lipinski definition) is 1. The second kappa shape index (κ2) is 8.66. The van der Waals surface area contributed by atoms with Crippen LogP contribution in [0.15, 0.2) is 48.5 Å². The van der Waals surface area contributed by atoms with E-state index in [1.807, 2.05) is 55.5 Å². The minimum Gasteiger partial charge on any atom is -0.493 e. The third kappa shape index (κ3) is 4.87. The van der Waals surface area contributed by atoms with Gasteiger partial charge < -0.3 is 14.6 Å². The van der Waals surface area contributed by atoms with E-state index in [-0.39, 0.29) is 17.9 Å². The van der Waals surface area contributed by atoms with Crippen LogP contribution in [-0.2, 0) is 4.79 Å². The predicted molar refractivity (Wildman–Crippen MR) is 113 cm³/mol. The molecule has 2 atom stereocenters. The first-order valence-corrected chi connectivity index (χ1v) is 10.8. The quantitative estimate of drug-likeness (QED) is 0.564. The SMILES string of the molecule is C[C@H](C(=O)O)[C@H](c1cccc(OCC2CC(Oc3ccccc3Cl)C2)c1)C1CC1. The van der Waals surface area contributed by atoms with Gasteiger partial charge in [0.25, 0.3) is 0 Å². The molecule has 2 aromatic carbocycles. The summed E-state index contributed by atoms with van der Waals surface area (Å²) in [4.78, 5) is 11.5. The number of hydrogen-bond acceptors (Lipinski definition) is 3. The fourth-order valence-corrected chi connectivity index (χ4v) is 4.41. The van der Waals surface area contributed by atoms with E-state index in [2.05, 4.69) is 0 Å². The fraction of sp³-hybridized carbons (Fsp3) is 0.458. The van der Waals surface area contributed by atoms with E-state index in [1.54, 1.807) is 0 Å². The molecule has 2 aliphatic rings. The molecule has 1 N–H and O–H groups in total. The van der Waals surface area contributed by atoms with Gasteiger partial charge in [0.2, 0.25) is 0 Å². The number of carbonyl (C=O) groups is 1. The lowest BCUT2D eigenvalue weighted by molar-refractivity contribution is -0.142. The molecule has 154 valence electrons. The lowest BCUT2D eigenvalue weighted by atomic mass is 9.82. The summed E-state index contributed by atoms with van der Waals surface area (Å²) in [5, 5.41) is 10.1. The second-order valence-electron chi connectivity index (χ2n) is 8.38. The summed E-state index contributed by atoms with van der Waals surface area (Å²) in [6.45, 7) is 2.46. The molecule has 4 nitrogen and oxygen atoms in total. The van der Waals surface area contributed by atoms with Crippen LogP contribution in [0.2, 0.25) is 5.02 Å². The Balaban J connectivity index is 1.29. The molecule has 0 aliphatic heterocycles. The van der Waals surface area contributed by atoms with Crippen LogP contribution in [-0.4, -0.2) is 23.8 Å². The van der Waals surface area contributed by atoms with Crippen molar-refractivity contribution in [2.45, 2.75) is 44.6 Å². The zero-order valence-electron chi connectivity index (χ0n) is 16.6. The molecular weight excluding hydrogens is 388 g/mol. The minimum atomic E-state index is -0.729. The van der Waals surface area contributed by atoms with Gasteiger partial charge in [0.15, 0.2) is 0 Å². The maximum absolute atomic E-state index is 11.5. The summed E-state index contributed by atoms with van der Waals surface area (Å²) in [5.74, 6) is 1.45. The normalized spacial score (nSPS) is 23.0. The van der Waals surface area contributed by atoms with Crippen LogP contribution in [0.5, 0.6) is 11.5 Å². The van der Waals surface area contributed by atoms with Crippen molar-refractivity contribution in [2.75, 3.05) is 6.61 Å². The molecule has 0 aromatic heterocycles. The van der Waals surface area contributed by atoms with Gasteiger partial charge in [0, 0.05) is 0 Å². The van der Waals surface area contributed by atoms with Crippen LogP contribution in [0.25, 0.3) is 0 Å². The molecule has 2 aromatic rings. The average Bonchev–Trinajstić information content (AvgIpc) is 3.50. The van der Waals surface area contributed by atoms with Crippen molar-refractivity contribution in [2.24, 2.45) is 17.8 Å². The van der Waals surface area contributed by atoms with E-state index in [0.29, 0.717) is 23.5 Å². The van der Waals surface area contributed by atoms with Crippen LogP contribution in [0.3, 0.4) is 0 Å². The molecular formula is C24H27ClO4. The topological polar surface area (TPSA) is 55.8 Å². The highest BCUT2D eigenvalue weighted by atomic mass is 35.5. The molecule has 0 amide bonds. The van der Waals surface area contributed by atoms with Gasteiger partial charge in [-0.2, -0.15) is 0 Å². The van der Waals surface area contributed by atoms with Crippen molar-refractivity contribution < 1.29 is 19.4 Å². The minimum absolute atomic E-state index is 0.0631. The van der Waals surface area contributed by atoms with Crippen LogP contribution in [0, 0.1) is 17.8 Å².